The van der Waals surface area contributed by atoms with E-state index in [2.05, 4.69) is 74.2 Å². The maximum absolute atomic E-state index is 14.8. The van der Waals surface area contributed by atoms with Crippen molar-refractivity contribution in [2.75, 3.05) is 20.2 Å². The zero-order chi connectivity index (χ0) is 46.7. The van der Waals surface area contributed by atoms with Gasteiger partial charge in [0.2, 0.25) is 5.91 Å². The maximum Gasteiger partial charge on any atom is 0.410 e. The molecule has 2 fully saturated rings. The fourth-order valence-corrected chi connectivity index (χ4v) is 10.3. The minimum atomic E-state index is -1.13. The van der Waals surface area contributed by atoms with E-state index in [0.29, 0.717) is 37.9 Å². The lowest BCUT2D eigenvalue weighted by atomic mass is 9.83. The summed E-state index contributed by atoms with van der Waals surface area (Å²) in [6, 6.07) is 22.3. The molecule has 3 atom stereocenters. The molecule has 13 nitrogen and oxygen atoms in total. The van der Waals surface area contributed by atoms with Gasteiger partial charge in [0.05, 0.1) is 18.0 Å². The lowest BCUT2D eigenvalue weighted by Gasteiger charge is -2.37. The molecule has 4 heterocycles. The third kappa shape index (κ3) is 9.96. The summed E-state index contributed by atoms with van der Waals surface area (Å²) in [5.41, 5.74) is 11.0. The average molecular weight is 897 g/mol. The van der Waals surface area contributed by atoms with Gasteiger partial charge in [-0.1, -0.05) is 83.0 Å². The van der Waals surface area contributed by atoms with E-state index in [1.165, 1.54) is 9.91 Å². The van der Waals surface area contributed by atoms with E-state index in [0.717, 1.165) is 75.8 Å². The number of esters is 1. The predicted molar refractivity (Wildman–Crippen MR) is 254 cm³/mol. The molecule has 5 aromatic rings. The Hall–Kier alpha value is -6.21. The van der Waals surface area contributed by atoms with Crippen molar-refractivity contribution < 1.29 is 33.8 Å². The second kappa shape index (κ2) is 19.7. The number of cyclic esters (lactones) is 1. The number of hydrogen-bond donors (Lipinski definition) is 3. The number of fused-ring (bicyclic) bond motifs is 6. The molecule has 66 heavy (non-hydrogen) atoms. The summed E-state index contributed by atoms with van der Waals surface area (Å²) in [5, 5.41) is 16.9. The summed E-state index contributed by atoms with van der Waals surface area (Å²) in [4.78, 5) is 63.3. The predicted octanol–water partition coefficient (Wildman–Crippen LogP) is 8.70. The SMILES string of the molecule is CCn1c(-c2cccnc2C(C)C)c2c3cc(ccc31)-c1cc(O)cc(c1)C[C@H](NC(=O)[C@H](C1CCCC1)N(C)C(=O)OCc1ccccc1)C(=O)N1CCC[C@H](N1)C(=O)OCC(C)(C)C2. The van der Waals surface area contributed by atoms with E-state index in [9.17, 15) is 24.3 Å². The van der Waals surface area contributed by atoms with Gasteiger partial charge in [-0.2, -0.15) is 0 Å². The summed E-state index contributed by atoms with van der Waals surface area (Å²) in [6.45, 7) is 11.9. The van der Waals surface area contributed by atoms with Crippen molar-refractivity contribution in [3.05, 3.63) is 107 Å². The Bertz CT molecular complexity index is 2580. The van der Waals surface area contributed by atoms with Gasteiger partial charge in [-0.15, -0.1) is 0 Å². The van der Waals surface area contributed by atoms with E-state index < -0.39 is 47.4 Å². The number of carbonyl (C=O) groups is 4. The van der Waals surface area contributed by atoms with Crippen molar-refractivity contribution in [1.29, 1.82) is 0 Å². The van der Waals surface area contributed by atoms with Crippen LogP contribution in [0.25, 0.3) is 33.3 Å². The second-order valence-corrected chi connectivity index (χ2v) is 19.5. The van der Waals surface area contributed by atoms with Crippen LogP contribution in [-0.4, -0.2) is 86.8 Å². The number of phenols is 1. The number of amides is 3. The van der Waals surface area contributed by atoms with E-state index in [1.54, 1.807) is 19.2 Å². The highest BCUT2D eigenvalue weighted by molar-refractivity contribution is 5.96. The van der Waals surface area contributed by atoms with Crippen molar-refractivity contribution in [1.82, 2.24) is 30.2 Å². The number of hydrogen-bond acceptors (Lipinski definition) is 9. The van der Waals surface area contributed by atoms with Gasteiger partial charge in [0, 0.05) is 54.6 Å². The van der Waals surface area contributed by atoms with E-state index in [4.69, 9.17) is 14.5 Å². The number of pyridine rings is 1. The number of aromatic hydroxyl groups is 1. The molecular formula is C53H64N6O7. The summed E-state index contributed by atoms with van der Waals surface area (Å²) in [6.07, 6.45) is 6.14. The smallest absolute Gasteiger partial charge is 0.410 e. The highest BCUT2D eigenvalue weighted by atomic mass is 16.6. The highest BCUT2D eigenvalue weighted by Crippen LogP contribution is 2.42. The largest absolute Gasteiger partial charge is 0.508 e. The standard InChI is InChI=1S/C53H64N6O7/c1-7-58-45-22-21-37-29-41(45)42(48(58)40-19-13-23-54-46(40)33(2)3)30-53(4,5)32-66-51(63)43-20-14-24-59(56-43)50(62)44(27-35-25-38(37)28-39(60)26-35)55-49(61)47(36-17-11-12-18-36)57(6)52(64)65-31-34-15-9-8-10-16-34/h8-10,13,15-16,19,21-23,25-26,28-29,33,36,43-44,47,56,60H,7,11-12,14,17-18,20,24,27,30-32H2,1-6H3,(H,55,61)/t43-,44-,47-/m0/s1. The Balaban J connectivity index is 1.20. The molecule has 13 heteroatoms. The van der Waals surface area contributed by atoms with Crippen molar-refractivity contribution in [3.63, 3.8) is 0 Å². The zero-order valence-electron chi connectivity index (χ0n) is 39.1. The first-order valence-electron chi connectivity index (χ1n) is 23.6. The van der Waals surface area contributed by atoms with Crippen LogP contribution in [0.2, 0.25) is 0 Å². The lowest BCUT2D eigenvalue weighted by molar-refractivity contribution is -0.155. The molecule has 0 radical (unpaired) electrons. The topological polar surface area (TPSA) is 155 Å². The molecule has 3 aliphatic rings. The van der Waals surface area contributed by atoms with Gasteiger partial charge in [-0.3, -0.25) is 29.3 Å². The molecule has 8 rings (SSSR count). The molecule has 6 bridgehead atoms. The number of rotatable bonds is 9. The Morgan fingerprint density at radius 2 is 1.76 bits per heavy atom. The van der Waals surface area contributed by atoms with Crippen LogP contribution in [0.15, 0.2) is 85.1 Å². The summed E-state index contributed by atoms with van der Waals surface area (Å²) < 4.78 is 14.2. The van der Waals surface area contributed by atoms with Crippen LogP contribution in [0.5, 0.6) is 5.75 Å². The van der Waals surface area contributed by atoms with Gasteiger partial charge in [0.25, 0.3) is 5.91 Å². The van der Waals surface area contributed by atoms with Gasteiger partial charge < -0.3 is 24.5 Å². The van der Waals surface area contributed by atoms with Crippen LogP contribution in [0.1, 0.15) is 101 Å². The molecule has 348 valence electrons. The Labute approximate surface area is 387 Å². The number of aromatic nitrogens is 2. The molecule has 1 aliphatic carbocycles. The number of likely N-dealkylation sites (N-methyl/N-ethyl adjacent to an activating group) is 1. The molecule has 1 saturated carbocycles. The lowest BCUT2D eigenvalue weighted by Crippen LogP contribution is -2.62. The van der Waals surface area contributed by atoms with Crippen LogP contribution >= 0.6 is 0 Å². The number of carbonyl (C=O) groups excluding carboxylic acids is 4. The van der Waals surface area contributed by atoms with E-state index in [-0.39, 0.29) is 37.2 Å². The van der Waals surface area contributed by atoms with Gasteiger partial charge in [0.15, 0.2) is 0 Å². The van der Waals surface area contributed by atoms with Crippen LogP contribution < -0.4 is 10.7 Å². The molecular weight excluding hydrogens is 833 g/mol. The molecule has 2 aromatic heterocycles. The average Bonchev–Trinajstić information content (AvgIpc) is 3.95. The first-order valence-corrected chi connectivity index (χ1v) is 23.6. The first-order chi connectivity index (χ1) is 31.7. The molecule has 1 saturated heterocycles. The van der Waals surface area contributed by atoms with Crippen LogP contribution in [0, 0.1) is 11.3 Å². The molecule has 3 aromatic carbocycles. The van der Waals surface area contributed by atoms with Gasteiger partial charge in [-0.05, 0) is 115 Å². The van der Waals surface area contributed by atoms with Gasteiger partial charge >= 0.3 is 12.1 Å². The Kier molecular flexibility index (Phi) is 13.8. The number of nitrogens with one attached hydrogen (secondary N) is 2. The van der Waals surface area contributed by atoms with Crippen LogP contribution in [-0.2, 0) is 49.9 Å². The highest BCUT2D eigenvalue weighted by Gasteiger charge is 2.40. The van der Waals surface area contributed by atoms with Crippen LogP contribution in [0.4, 0.5) is 4.79 Å². The second-order valence-electron chi connectivity index (χ2n) is 19.5. The summed E-state index contributed by atoms with van der Waals surface area (Å²) in [7, 11) is 1.58. The maximum atomic E-state index is 14.8. The van der Waals surface area contributed by atoms with Crippen LogP contribution in [0.3, 0.4) is 0 Å². The Morgan fingerprint density at radius 1 is 0.985 bits per heavy atom. The number of aryl methyl sites for hydroxylation is 1. The van der Waals surface area contributed by atoms with E-state index in [1.807, 2.05) is 48.7 Å². The zero-order valence-corrected chi connectivity index (χ0v) is 39.1. The number of nitrogens with zero attached hydrogens (tertiary/aromatic N) is 4. The summed E-state index contributed by atoms with van der Waals surface area (Å²) >= 11 is 0. The van der Waals surface area contributed by atoms with Crippen molar-refractivity contribution in [2.24, 2.45) is 11.3 Å². The number of ether oxygens (including phenoxy) is 2. The fourth-order valence-electron chi connectivity index (χ4n) is 10.3. The minimum Gasteiger partial charge on any atom is -0.508 e. The molecule has 0 spiro atoms. The van der Waals surface area contributed by atoms with Crippen molar-refractivity contribution >= 4 is 34.8 Å². The Morgan fingerprint density at radius 3 is 2.50 bits per heavy atom. The molecule has 2 aliphatic heterocycles. The normalized spacial score (nSPS) is 19.6. The minimum absolute atomic E-state index is 0.0169. The van der Waals surface area contributed by atoms with Gasteiger partial charge in [-0.25, -0.2) is 10.2 Å². The first kappa shape index (κ1) is 46.3. The van der Waals surface area contributed by atoms with Gasteiger partial charge in [0.1, 0.15) is 30.5 Å². The number of benzene rings is 3. The molecule has 0 unspecified atom stereocenters. The monoisotopic (exact) mass is 896 g/mol. The fraction of sp³-hybridized carbons (Fsp3) is 0.453. The molecule has 3 N–H and O–H groups in total. The number of hydrazine groups is 1. The quantitative estimate of drug-likeness (QED) is 0.123. The third-order valence-electron chi connectivity index (χ3n) is 13.5. The van der Waals surface area contributed by atoms with Crippen molar-refractivity contribution in [2.45, 2.75) is 123 Å². The van der Waals surface area contributed by atoms with E-state index >= 15 is 0 Å². The van der Waals surface area contributed by atoms with Crippen molar-refractivity contribution in [3.8, 4) is 28.1 Å². The summed E-state index contributed by atoms with van der Waals surface area (Å²) in [5.74, 6) is -1.32. The molecule has 3 amide bonds. The number of phenolic OH excluding ortho intramolecular Hbond substituents is 1. The third-order valence-corrected chi connectivity index (χ3v) is 13.5.